The molecule has 2 aliphatic heterocycles. The Hall–Kier alpha value is -2.63. The van der Waals surface area contributed by atoms with E-state index in [2.05, 4.69) is 15.4 Å². The maximum atomic E-state index is 12.6. The van der Waals surface area contributed by atoms with Gasteiger partial charge in [-0.25, -0.2) is 0 Å². The SMILES string of the molecule is CN=C(NCCN1C(=O)Cc2ccccc21)N1CCN(c2cnn(C)c2)C(=O)C1.I. The molecular formula is C20H26IN7O2. The molecule has 2 amide bonds. The van der Waals surface area contributed by atoms with Gasteiger partial charge in [0.25, 0.3) is 0 Å². The van der Waals surface area contributed by atoms with E-state index in [0.29, 0.717) is 38.6 Å². The van der Waals surface area contributed by atoms with Crippen LogP contribution in [0.2, 0.25) is 0 Å². The fraction of sp³-hybridized carbons (Fsp3) is 0.400. The van der Waals surface area contributed by atoms with Crippen molar-refractivity contribution in [1.29, 1.82) is 0 Å². The van der Waals surface area contributed by atoms with Gasteiger partial charge in [-0.2, -0.15) is 5.10 Å². The highest BCUT2D eigenvalue weighted by atomic mass is 127. The molecule has 0 bridgehead atoms. The second kappa shape index (κ2) is 9.45. The predicted octanol–water partition coefficient (Wildman–Crippen LogP) is 0.851. The molecular weight excluding hydrogens is 497 g/mol. The molecule has 0 aliphatic carbocycles. The van der Waals surface area contributed by atoms with Crippen LogP contribution in [0.25, 0.3) is 0 Å². The number of aryl methyl sites for hydroxylation is 1. The lowest BCUT2D eigenvalue weighted by Gasteiger charge is -2.35. The van der Waals surface area contributed by atoms with E-state index in [-0.39, 0.29) is 42.3 Å². The Morgan fingerprint density at radius 1 is 1.20 bits per heavy atom. The van der Waals surface area contributed by atoms with E-state index in [0.717, 1.165) is 16.9 Å². The zero-order chi connectivity index (χ0) is 20.4. The molecule has 0 radical (unpaired) electrons. The van der Waals surface area contributed by atoms with E-state index in [1.807, 2.05) is 42.4 Å². The number of carbonyl (C=O) groups excluding carboxylic acids is 2. The average molecular weight is 523 g/mol. The minimum atomic E-state index is 0. The summed E-state index contributed by atoms with van der Waals surface area (Å²) in [4.78, 5) is 34.7. The summed E-state index contributed by atoms with van der Waals surface area (Å²) in [6.07, 6.45) is 3.99. The molecule has 30 heavy (non-hydrogen) atoms. The first-order valence-electron chi connectivity index (χ1n) is 9.69. The third-order valence-electron chi connectivity index (χ3n) is 5.28. The van der Waals surface area contributed by atoms with Crippen molar-refractivity contribution in [2.45, 2.75) is 6.42 Å². The lowest BCUT2D eigenvalue weighted by Crippen LogP contribution is -2.56. The zero-order valence-corrected chi connectivity index (χ0v) is 19.4. The van der Waals surface area contributed by atoms with Gasteiger partial charge in [-0.1, -0.05) is 18.2 Å². The van der Waals surface area contributed by atoms with Crippen molar-refractivity contribution >= 4 is 53.1 Å². The number of anilines is 2. The molecule has 9 nitrogen and oxygen atoms in total. The second-order valence-electron chi connectivity index (χ2n) is 7.16. The summed E-state index contributed by atoms with van der Waals surface area (Å²) in [6.45, 7) is 2.61. The number of piperazine rings is 1. The summed E-state index contributed by atoms with van der Waals surface area (Å²) in [5.74, 6) is 0.795. The van der Waals surface area contributed by atoms with Crippen LogP contribution >= 0.6 is 24.0 Å². The number of fused-ring (bicyclic) bond motifs is 1. The van der Waals surface area contributed by atoms with Crippen molar-refractivity contribution in [1.82, 2.24) is 20.0 Å². The molecule has 10 heteroatoms. The van der Waals surface area contributed by atoms with Crippen LogP contribution in [0.5, 0.6) is 0 Å². The highest BCUT2D eigenvalue weighted by Crippen LogP contribution is 2.27. The van der Waals surface area contributed by atoms with Gasteiger partial charge in [-0.15, -0.1) is 24.0 Å². The molecule has 2 aliphatic rings. The number of rotatable bonds is 4. The quantitative estimate of drug-likeness (QED) is 0.365. The maximum Gasteiger partial charge on any atom is 0.246 e. The van der Waals surface area contributed by atoms with E-state index < -0.39 is 0 Å². The minimum Gasteiger partial charge on any atom is -0.354 e. The van der Waals surface area contributed by atoms with Crippen molar-refractivity contribution in [2.24, 2.45) is 12.0 Å². The fourth-order valence-corrected chi connectivity index (χ4v) is 3.85. The van der Waals surface area contributed by atoms with Crippen LogP contribution in [-0.2, 0) is 23.1 Å². The minimum absolute atomic E-state index is 0. The third kappa shape index (κ3) is 4.42. The Morgan fingerprint density at radius 3 is 2.70 bits per heavy atom. The molecule has 1 aromatic heterocycles. The van der Waals surface area contributed by atoms with Crippen molar-refractivity contribution < 1.29 is 9.59 Å². The Labute approximate surface area is 192 Å². The Kier molecular flexibility index (Phi) is 6.95. The smallest absolute Gasteiger partial charge is 0.246 e. The van der Waals surface area contributed by atoms with Crippen LogP contribution in [0.3, 0.4) is 0 Å². The average Bonchev–Trinajstić information content (AvgIpc) is 3.28. The summed E-state index contributed by atoms with van der Waals surface area (Å²) < 4.78 is 1.69. The fourth-order valence-electron chi connectivity index (χ4n) is 3.85. The van der Waals surface area contributed by atoms with Crippen LogP contribution in [-0.4, -0.2) is 72.2 Å². The monoisotopic (exact) mass is 523 g/mol. The summed E-state index contributed by atoms with van der Waals surface area (Å²) in [5.41, 5.74) is 2.86. The molecule has 0 saturated carbocycles. The number of aromatic nitrogens is 2. The number of amides is 2. The van der Waals surface area contributed by atoms with Gasteiger partial charge >= 0.3 is 0 Å². The molecule has 160 valence electrons. The van der Waals surface area contributed by atoms with Crippen molar-refractivity contribution in [3.05, 3.63) is 42.2 Å². The molecule has 1 N–H and O–H groups in total. The number of guanidine groups is 1. The van der Waals surface area contributed by atoms with Crippen LogP contribution in [0.1, 0.15) is 5.56 Å². The molecule has 1 aromatic carbocycles. The molecule has 1 saturated heterocycles. The van der Waals surface area contributed by atoms with Crippen molar-refractivity contribution in [2.75, 3.05) is 49.6 Å². The van der Waals surface area contributed by atoms with Crippen LogP contribution in [0.4, 0.5) is 11.4 Å². The lowest BCUT2D eigenvalue weighted by molar-refractivity contribution is -0.120. The third-order valence-corrected chi connectivity index (χ3v) is 5.28. The predicted molar refractivity (Wildman–Crippen MR) is 126 cm³/mol. The van der Waals surface area contributed by atoms with Crippen molar-refractivity contribution in [3.63, 3.8) is 0 Å². The van der Waals surface area contributed by atoms with Gasteiger partial charge < -0.3 is 20.0 Å². The Morgan fingerprint density at radius 2 is 2.00 bits per heavy atom. The zero-order valence-electron chi connectivity index (χ0n) is 17.1. The van der Waals surface area contributed by atoms with Gasteiger partial charge in [0.2, 0.25) is 11.8 Å². The van der Waals surface area contributed by atoms with Crippen LogP contribution in [0, 0.1) is 0 Å². The summed E-state index contributed by atoms with van der Waals surface area (Å²) in [6, 6.07) is 7.88. The topological polar surface area (TPSA) is 86.1 Å². The summed E-state index contributed by atoms with van der Waals surface area (Å²) in [5, 5.41) is 7.43. The molecule has 0 unspecified atom stereocenters. The number of hydrogen-bond acceptors (Lipinski definition) is 4. The van der Waals surface area contributed by atoms with Gasteiger partial charge in [0.15, 0.2) is 5.96 Å². The van der Waals surface area contributed by atoms with Gasteiger partial charge in [0.1, 0.15) is 6.54 Å². The number of aliphatic imine (C=N–C) groups is 1. The van der Waals surface area contributed by atoms with E-state index in [1.54, 1.807) is 27.7 Å². The largest absolute Gasteiger partial charge is 0.354 e. The maximum absolute atomic E-state index is 12.6. The first-order chi connectivity index (χ1) is 14.1. The highest BCUT2D eigenvalue weighted by molar-refractivity contribution is 14.0. The number of benzene rings is 1. The standard InChI is InChI=1S/C20H25N7O2.HI/c1-21-20(22-7-8-27-17-6-4-3-5-15(17)11-18(27)28)25-9-10-26(19(29)14-25)16-12-23-24(2)13-16;/h3-6,12-13H,7-11,14H2,1-2H3,(H,21,22);1H. The summed E-state index contributed by atoms with van der Waals surface area (Å²) in [7, 11) is 3.54. The summed E-state index contributed by atoms with van der Waals surface area (Å²) >= 11 is 0. The molecule has 0 spiro atoms. The normalized spacial score (nSPS) is 16.6. The van der Waals surface area contributed by atoms with E-state index in [4.69, 9.17) is 0 Å². The van der Waals surface area contributed by atoms with E-state index in [9.17, 15) is 9.59 Å². The highest BCUT2D eigenvalue weighted by Gasteiger charge is 2.29. The van der Waals surface area contributed by atoms with Crippen LogP contribution < -0.4 is 15.1 Å². The molecule has 0 atom stereocenters. The van der Waals surface area contributed by atoms with Gasteiger partial charge in [0, 0.05) is 52.2 Å². The number of nitrogens with zero attached hydrogens (tertiary/aromatic N) is 6. The number of hydrogen-bond donors (Lipinski definition) is 1. The number of halogens is 1. The number of nitrogens with one attached hydrogen (secondary N) is 1. The van der Waals surface area contributed by atoms with Crippen molar-refractivity contribution in [3.8, 4) is 0 Å². The van der Waals surface area contributed by atoms with E-state index >= 15 is 0 Å². The van der Waals surface area contributed by atoms with Gasteiger partial charge in [-0.3, -0.25) is 19.3 Å². The second-order valence-corrected chi connectivity index (χ2v) is 7.16. The van der Waals surface area contributed by atoms with Gasteiger partial charge in [0.05, 0.1) is 18.3 Å². The molecule has 1 fully saturated rings. The van der Waals surface area contributed by atoms with Gasteiger partial charge in [-0.05, 0) is 11.6 Å². The molecule has 4 rings (SSSR count). The lowest BCUT2D eigenvalue weighted by atomic mass is 10.2. The molecule has 2 aromatic rings. The Bertz CT molecular complexity index is 958. The molecule has 3 heterocycles. The van der Waals surface area contributed by atoms with E-state index in [1.165, 1.54) is 0 Å². The number of para-hydroxylation sites is 1. The number of carbonyl (C=O) groups is 2. The first-order valence-corrected chi connectivity index (χ1v) is 9.69. The van der Waals surface area contributed by atoms with Crippen LogP contribution in [0.15, 0.2) is 41.7 Å². The Balaban J connectivity index is 0.00000256. The first kappa shape index (κ1) is 22.1.